The van der Waals surface area contributed by atoms with E-state index < -0.39 is 0 Å². The maximum atomic E-state index is 14.2. The van der Waals surface area contributed by atoms with Crippen LogP contribution in [-0.4, -0.2) is 52.2 Å². The summed E-state index contributed by atoms with van der Waals surface area (Å²) in [4.78, 5) is 32.2. The van der Waals surface area contributed by atoms with Crippen LogP contribution in [0.15, 0.2) is 79.0 Å². The number of nitrogens with zero attached hydrogens (tertiary/aromatic N) is 3. The topological polar surface area (TPSA) is 45.6 Å². The van der Waals surface area contributed by atoms with Gasteiger partial charge < -0.3 is 9.47 Å². The van der Waals surface area contributed by atoms with Crippen molar-refractivity contribution in [3.05, 3.63) is 129 Å². The number of ketones is 1. The van der Waals surface area contributed by atoms with E-state index >= 15 is 0 Å². The fraction of sp³-hybridized carbons (Fsp3) is 0.333. The lowest BCUT2D eigenvalue weighted by Crippen LogP contribution is -2.49. The number of carbonyl (C=O) groups is 2. The third kappa shape index (κ3) is 6.55. The summed E-state index contributed by atoms with van der Waals surface area (Å²) in [6, 6.07) is 22.5. The predicted molar refractivity (Wildman–Crippen MR) is 166 cm³/mol. The Kier molecular flexibility index (Phi) is 8.46. The molecule has 1 aromatic heterocycles. The first kappa shape index (κ1) is 29.5. The Balaban J connectivity index is 1.37. The SMILES string of the molecule is Cc1ccc(C(=O)c2c(C)cn(Cc3ccc(F)cc3)c2C(=O)N2CCN(Cc3ccc(C(C)(C)C)cc3)CC2)cc1. The van der Waals surface area contributed by atoms with E-state index in [0.717, 1.165) is 36.3 Å². The molecule has 3 aromatic carbocycles. The first-order chi connectivity index (χ1) is 20.0. The number of hydrogen-bond donors (Lipinski definition) is 0. The maximum Gasteiger partial charge on any atom is 0.271 e. The molecule has 0 aliphatic carbocycles. The summed E-state index contributed by atoms with van der Waals surface area (Å²) in [5.41, 5.74) is 6.77. The smallest absolute Gasteiger partial charge is 0.271 e. The fourth-order valence-electron chi connectivity index (χ4n) is 5.60. The Morgan fingerprint density at radius 3 is 1.93 bits per heavy atom. The molecule has 0 saturated carbocycles. The quantitative estimate of drug-likeness (QED) is 0.232. The molecule has 0 bridgehead atoms. The zero-order chi connectivity index (χ0) is 30.0. The van der Waals surface area contributed by atoms with E-state index in [1.807, 2.05) is 53.8 Å². The minimum Gasteiger partial charge on any atom is -0.338 e. The van der Waals surface area contributed by atoms with Gasteiger partial charge in [-0.05, 0) is 53.6 Å². The molecule has 4 aromatic rings. The first-order valence-electron chi connectivity index (χ1n) is 14.7. The van der Waals surface area contributed by atoms with Crippen molar-refractivity contribution in [2.45, 2.75) is 53.1 Å². The van der Waals surface area contributed by atoms with E-state index in [-0.39, 0.29) is 22.9 Å². The molecule has 0 radical (unpaired) electrons. The number of benzene rings is 3. The van der Waals surface area contributed by atoms with Crippen molar-refractivity contribution in [1.82, 2.24) is 14.4 Å². The molecule has 1 aliphatic heterocycles. The maximum absolute atomic E-state index is 14.2. The van der Waals surface area contributed by atoms with Gasteiger partial charge in [-0.15, -0.1) is 0 Å². The van der Waals surface area contributed by atoms with Crippen LogP contribution in [0.2, 0.25) is 0 Å². The molecule has 42 heavy (non-hydrogen) atoms. The van der Waals surface area contributed by atoms with Gasteiger partial charge in [-0.25, -0.2) is 4.39 Å². The number of hydrogen-bond acceptors (Lipinski definition) is 3. The van der Waals surface area contributed by atoms with Crippen LogP contribution in [0.5, 0.6) is 0 Å². The minimum atomic E-state index is -0.308. The molecule has 6 heteroatoms. The normalized spacial score (nSPS) is 14.3. The van der Waals surface area contributed by atoms with Gasteiger partial charge >= 0.3 is 0 Å². The van der Waals surface area contributed by atoms with E-state index in [9.17, 15) is 14.0 Å². The molecule has 0 N–H and O–H groups in total. The molecule has 1 saturated heterocycles. The summed E-state index contributed by atoms with van der Waals surface area (Å²) in [6.45, 7) is 14.4. The van der Waals surface area contributed by atoms with Crippen LogP contribution < -0.4 is 0 Å². The zero-order valence-corrected chi connectivity index (χ0v) is 25.3. The lowest BCUT2D eigenvalue weighted by Gasteiger charge is -2.35. The molecule has 218 valence electrons. The Morgan fingerprint density at radius 2 is 1.33 bits per heavy atom. The molecule has 5 nitrogen and oxygen atoms in total. The minimum absolute atomic E-state index is 0.122. The van der Waals surface area contributed by atoms with E-state index in [4.69, 9.17) is 0 Å². The highest BCUT2D eigenvalue weighted by Crippen LogP contribution is 2.26. The van der Waals surface area contributed by atoms with Crippen molar-refractivity contribution in [3.63, 3.8) is 0 Å². The van der Waals surface area contributed by atoms with Gasteiger partial charge in [0.2, 0.25) is 0 Å². The summed E-state index contributed by atoms with van der Waals surface area (Å²) in [6.07, 6.45) is 1.87. The van der Waals surface area contributed by atoms with Gasteiger partial charge in [0.15, 0.2) is 5.78 Å². The second-order valence-electron chi connectivity index (χ2n) is 12.5. The Bertz CT molecular complexity index is 1550. The molecule has 1 fully saturated rings. The molecule has 1 aliphatic rings. The third-order valence-electron chi connectivity index (χ3n) is 8.16. The predicted octanol–water partition coefficient (Wildman–Crippen LogP) is 6.78. The van der Waals surface area contributed by atoms with Crippen LogP contribution in [0.4, 0.5) is 4.39 Å². The number of rotatable bonds is 7. The van der Waals surface area contributed by atoms with Crippen LogP contribution in [0.1, 0.15) is 75.0 Å². The molecule has 5 rings (SSSR count). The number of carbonyl (C=O) groups excluding carboxylic acids is 2. The van der Waals surface area contributed by atoms with Crippen LogP contribution >= 0.6 is 0 Å². The average Bonchev–Trinajstić information content (AvgIpc) is 3.29. The van der Waals surface area contributed by atoms with Gasteiger partial charge in [0.1, 0.15) is 11.5 Å². The van der Waals surface area contributed by atoms with Gasteiger partial charge in [0.25, 0.3) is 5.91 Å². The first-order valence-corrected chi connectivity index (χ1v) is 14.7. The Labute approximate surface area is 248 Å². The van der Waals surface area contributed by atoms with Gasteiger partial charge in [-0.2, -0.15) is 0 Å². The average molecular weight is 566 g/mol. The second kappa shape index (κ2) is 12.1. The van der Waals surface area contributed by atoms with E-state index in [1.54, 1.807) is 12.1 Å². The van der Waals surface area contributed by atoms with Crippen LogP contribution in [0.3, 0.4) is 0 Å². The lowest BCUT2D eigenvalue weighted by molar-refractivity contribution is 0.0615. The number of aromatic nitrogens is 1. The Morgan fingerprint density at radius 1 is 0.762 bits per heavy atom. The van der Waals surface area contributed by atoms with Crippen LogP contribution in [0, 0.1) is 19.7 Å². The second-order valence-corrected chi connectivity index (χ2v) is 12.5. The van der Waals surface area contributed by atoms with Crippen LogP contribution in [-0.2, 0) is 18.5 Å². The summed E-state index contributed by atoms with van der Waals surface area (Å²) < 4.78 is 15.4. The molecule has 0 unspecified atom stereocenters. The largest absolute Gasteiger partial charge is 0.338 e. The van der Waals surface area contributed by atoms with E-state index in [1.165, 1.54) is 23.3 Å². The molecule has 0 spiro atoms. The molecular formula is C36H40FN3O2. The summed E-state index contributed by atoms with van der Waals surface area (Å²) in [7, 11) is 0. The van der Waals surface area contributed by atoms with Crippen molar-refractivity contribution >= 4 is 11.7 Å². The Hall–Kier alpha value is -4.03. The van der Waals surface area contributed by atoms with Gasteiger partial charge in [0.05, 0.1) is 5.56 Å². The van der Waals surface area contributed by atoms with Gasteiger partial charge in [-0.3, -0.25) is 14.5 Å². The standard InChI is InChI=1S/C36H40FN3O2/c1-25-6-12-29(13-7-25)34(41)32-26(2)22-40(24-28-10-16-31(37)17-11-28)33(32)35(42)39-20-18-38(19-21-39)23-27-8-14-30(15-9-27)36(3,4)5/h6-17,22H,18-21,23-24H2,1-5H3. The van der Waals surface area contributed by atoms with E-state index in [0.29, 0.717) is 36.5 Å². The highest BCUT2D eigenvalue weighted by Gasteiger charge is 2.31. The van der Waals surface area contributed by atoms with Gasteiger partial charge in [-0.1, -0.05) is 87.0 Å². The van der Waals surface area contributed by atoms with Crippen molar-refractivity contribution in [1.29, 1.82) is 0 Å². The zero-order valence-electron chi connectivity index (χ0n) is 25.3. The van der Waals surface area contributed by atoms with Crippen molar-refractivity contribution < 1.29 is 14.0 Å². The van der Waals surface area contributed by atoms with E-state index in [2.05, 4.69) is 49.9 Å². The molecule has 0 atom stereocenters. The van der Waals surface area contributed by atoms with Crippen molar-refractivity contribution in [3.8, 4) is 0 Å². The highest BCUT2D eigenvalue weighted by atomic mass is 19.1. The highest BCUT2D eigenvalue weighted by molar-refractivity contribution is 6.15. The lowest BCUT2D eigenvalue weighted by atomic mass is 9.87. The van der Waals surface area contributed by atoms with Crippen LogP contribution in [0.25, 0.3) is 0 Å². The number of piperazine rings is 1. The summed E-state index contributed by atoms with van der Waals surface area (Å²) >= 11 is 0. The molecule has 2 heterocycles. The van der Waals surface area contributed by atoms with Crippen molar-refractivity contribution in [2.24, 2.45) is 0 Å². The fourth-order valence-corrected chi connectivity index (χ4v) is 5.60. The number of amides is 1. The third-order valence-corrected chi connectivity index (χ3v) is 8.16. The monoisotopic (exact) mass is 565 g/mol. The van der Waals surface area contributed by atoms with Crippen molar-refractivity contribution in [2.75, 3.05) is 26.2 Å². The number of halogens is 1. The summed E-state index contributed by atoms with van der Waals surface area (Å²) in [5.74, 6) is -0.613. The van der Waals surface area contributed by atoms with Gasteiger partial charge in [0, 0.05) is 51.0 Å². The molecular weight excluding hydrogens is 525 g/mol. The summed E-state index contributed by atoms with van der Waals surface area (Å²) in [5, 5.41) is 0. The molecule has 1 amide bonds. The number of aryl methyl sites for hydroxylation is 2.